The Hall–Kier alpha value is -3.62. The van der Waals surface area contributed by atoms with Gasteiger partial charge in [0.25, 0.3) is 5.56 Å². The topological polar surface area (TPSA) is 109 Å². The van der Waals surface area contributed by atoms with Crippen molar-refractivity contribution in [2.24, 2.45) is 5.92 Å². The standard InChI is InChI=1S/C29H37N5O4/c1-29(2,3)38-28(36)34-13-11-19(12-14-34)20-8-10-22(25(15-20)37-4)32-23-16-21(9-7-18-5-6-18)31-24-17-30-33-27(35)26(23)24/h8,10,15-19H,5-7,9,11-14H2,1-4H3,(H,31,32)(H,33,35). The SMILES string of the molecule is COc1cc(C2CCN(C(=O)OC(C)(C)C)CC2)ccc1Nc1cc(CCC2CC2)nc2cn[nH]c(=O)c12. The van der Waals surface area contributed by atoms with E-state index >= 15 is 0 Å². The number of aryl methyl sites for hydroxylation is 1. The second-order valence-corrected chi connectivity index (χ2v) is 11.4. The number of H-pyrrole nitrogens is 1. The van der Waals surface area contributed by atoms with Crippen LogP contribution in [0.1, 0.15) is 70.1 Å². The van der Waals surface area contributed by atoms with Gasteiger partial charge in [0, 0.05) is 18.8 Å². The molecule has 9 nitrogen and oxygen atoms in total. The van der Waals surface area contributed by atoms with E-state index < -0.39 is 5.60 Å². The zero-order valence-electron chi connectivity index (χ0n) is 22.7. The molecule has 1 aliphatic carbocycles. The number of pyridine rings is 1. The molecule has 3 heterocycles. The molecule has 1 aliphatic heterocycles. The van der Waals surface area contributed by atoms with Crippen molar-refractivity contribution in [1.29, 1.82) is 0 Å². The number of rotatable bonds is 7. The zero-order chi connectivity index (χ0) is 26.9. The fourth-order valence-corrected chi connectivity index (χ4v) is 5.08. The number of likely N-dealkylation sites (tertiary alicyclic amines) is 1. The van der Waals surface area contributed by atoms with Gasteiger partial charge < -0.3 is 19.7 Å². The molecule has 9 heteroatoms. The van der Waals surface area contributed by atoms with Gasteiger partial charge in [-0.3, -0.25) is 9.78 Å². The molecule has 0 unspecified atom stereocenters. The van der Waals surface area contributed by atoms with E-state index in [1.807, 2.05) is 32.9 Å². The Morgan fingerprint density at radius 2 is 1.89 bits per heavy atom. The minimum atomic E-state index is -0.496. The Bertz CT molecular complexity index is 1370. The van der Waals surface area contributed by atoms with Crippen molar-refractivity contribution < 1.29 is 14.3 Å². The average Bonchev–Trinajstić information content (AvgIpc) is 3.71. The van der Waals surface area contributed by atoms with Gasteiger partial charge >= 0.3 is 6.09 Å². The maximum Gasteiger partial charge on any atom is 0.410 e. The van der Waals surface area contributed by atoms with Crippen LogP contribution in [-0.4, -0.2) is 52.0 Å². The predicted octanol–water partition coefficient (Wildman–Crippen LogP) is 5.53. The third-order valence-electron chi connectivity index (χ3n) is 7.30. The lowest BCUT2D eigenvalue weighted by atomic mass is 9.89. The number of aromatic amines is 1. The molecule has 2 aromatic heterocycles. The van der Waals surface area contributed by atoms with Crippen LogP contribution in [0.15, 0.2) is 35.3 Å². The number of methoxy groups -OCH3 is 1. The van der Waals surface area contributed by atoms with Crippen molar-refractivity contribution >= 4 is 28.4 Å². The van der Waals surface area contributed by atoms with Crippen molar-refractivity contribution in [2.75, 3.05) is 25.5 Å². The Morgan fingerprint density at radius 1 is 1.13 bits per heavy atom. The summed E-state index contributed by atoms with van der Waals surface area (Å²) in [6.07, 6.45) is 7.64. The lowest BCUT2D eigenvalue weighted by Crippen LogP contribution is -2.41. The van der Waals surface area contributed by atoms with Crippen LogP contribution < -0.4 is 15.6 Å². The van der Waals surface area contributed by atoms with E-state index in [1.54, 1.807) is 18.2 Å². The minimum Gasteiger partial charge on any atom is -0.495 e. The molecule has 2 aliphatic rings. The summed E-state index contributed by atoms with van der Waals surface area (Å²) in [5.74, 6) is 1.82. The number of aromatic nitrogens is 3. The summed E-state index contributed by atoms with van der Waals surface area (Å²) >= 11 is 0. The summed E-state index contributed by atoms with van der Waals surface area (Å²) in [7, 11) is 1.65. The molecule has 2 N–H and O–H groups in total. The van der Waals surface area contributed by atoms with Crippen LogP contribution in [-0.2, 0) is 11.2 Å². The van der Waals surface area contributed by atoms with Gasteiger partial charge in [0.15, 0.2) is 0 Å². The summed E-state index contributed by atoms with van der Waals surface area (Å²) in [4.78, 5) is 31.6. The molecule has 1 aromatic carbocycles. The number of nitrogens with zero attached hydrogens (tertiary/aromatic N) is 3. The summed E-state index contributed by atoms with van der Waals surface area (Å²) in [5.41, 5.74) is 3.40. The second kappa shape index (κ2) is 10.6. The second-order valence-electron chi connectivity index (χ2n) is 11.4. The van der Waals surface area contributed by atoms with Crippen LogP contribution in [0.5, 0.6) is 5.75 Å². The van der Waals surface area contributed by atoms with Crippen LogP contribution in [0.3, 0.4) is 0 Å². The lowest BCUT2D eigenvalue weighted by molar-refractivity contribution is 0.0205. The number of benzene rings is 1. The monoisotopic (exact) mass is 519 g/mol. The Balaban J connectivity index is 1.34. The molecule has 1 saturated carbocycles. The molecule has 38 heavy (non-hydrogen) atoms. The highest BCUT2D eigenvalue weighted by Crippen LogP contribution is 2.37. The van der Waals surface area contributed by atoms with E-state index in [-0.39, 0.29) is 11.7 Å². The van der Waals surface area contributed by atoms with Crippen molar-refractivity contribution in [1.82, 2.24) is 20.1 Å². The van der Waals surface area contributed by atoms with E-state index in [4.69, 9.17) is 14.5 Å². The molecule has 0 atom stereocenters. The van der Waals surface area contributed by atoms with Crippen LogP contribution in [0.25, 0.3) is 10.9 Å². The highest BCUT2D eigenvalue weighted by atomic mass is 16.6. The molecular weight excluding hydrogens is 482 g/mol. The van der Waals surface area contributed by atoms with E-state index in [1.165, 1.54) is 18.4 Å². The first-order chi connectivity index (χ1) is 18.2. The maximum atomic E-state index is 12.7. The Labute approximate surface area is 222 Å². The normalized spacial score (nSPS) is 16.5. The summed E-state index contributed by atoms with van der Waals surface area (Å²) in [6.45, 7) is 6.97. The molecule has 1 saturated heterocycles. The number of piperidine rings is 1. The van der Waals surface area contributed by atoms with Crippen molar-refractivity contribution in [3.05, 3.63) is 52.1 Å². The number of hydrogen-bond donors (Lipinski definition) is 2. The highest BCUT2D eigenvalue weighted by molar-refractivity contribution is 5.92. The summed E-state index contributed by atoms with van der Waals surface area (Å²) in [6, 6.07) is 8.13. The number of nitrogens with one attached hydrogen (secondary N) is 2. The number of ether oxygens (including phenoxy) is 2. The van der Waals surface area contributed by atoms with Crippen molar-refractivity contribution in [3.8, 4) is 5.75 Å². The van der Waals surface area contributed by atoms with Gasteiger partial charge in [-0.25, -0.2) is 9.89 Å². The van der Waals surface area contributed by atoms with Crippen LogP contribution >= 0.6 is 0 Å². The quantitative estimate of drug-likeness (QED) is 0.422. The molecule has 2 fully saturated rings. The highest BCUT2D eigenvalue weighted by Gasteiger charge is 2.28. The number of anilines is 2. The van der Waals surface area contributed by atoms with Gasteiger partial charge in [-0.05, 0) is 82.1 Å². The van der Waals surface area contributed by atoms with Crippen molar-refractivity contribution in [2.45, 2.75) is 70.8 Å². The summed E-state index contributed by atoms with van der Waals surface area (Å²) in [5, 5.41) is 10.4. The first kappa shape index (κ1) is 26.0. The number of amides is 1. The summed E-state index contributed by atoms with van der Waals surface area (Å²) < 4.78 is 11.3. The smallest absolute Gasteiger partial charge is 0.410 e. The van der Waals surface area contributed by atoms with Gasteiger partial charge in [-0.1, -0.05) is 18.9 Å². The van der Waals surface area contributed by atoms with E-state index in [9.17, 15) is 9.59 Å². The molecule has 0 spiro atoms. The first-order valence-corrected chi connectivity index (χ1v) is 13.5. The third-order valence-corrected chi connectivity index (χ3v) is 7.30. The maximum absolute atomic E-state index is 12.7. The average molecular weight is 520 g/mol. The van der Waals surface area contributed by atoms with Crippen LogP contribution in [0.2, 0.25) is 0 Å². The van der Waals surface area contributed by atoms with Crippen LogP contribution in [0.4, 0.5) is 16.2 Å². The fraction of sp³-hybridized carbons (Fsp3) is 0.517. The fourth-order valence-electron chi connectivity index (χ4n) is 5.08. The predicted molar refractivity (Wildman–Crippen MR) is 147 cm³/mol. The zero-order valence-corrected chi connectivity index (χ0v) is 22.7. The van der Waals surface area contributed by atoms with Gasteiger partial charge in [-0.15, -0.1) is 0 Å². The largest absolute Gasteiger partial charge is 0.495 e. The number of fused-ring (bicyclic) bond motifs is 1. The lowest BCUT2D eigenvalue weighted by Gasteiger charge is -2.33. The van der Waals surface area contributed by atoms with E-state index in [0.717, 1.165) is 43.0 Å². The Kier molecular flexibility index (Phi) is 7.27. The minimum absolute atomic E-state index is 0.251. The van der Waals surface area contributed by atoms with Gasteiger partial charge in [-0.2, -0.15) is 5.10 Å². The molecule has 5 rings (SSSR count). The number of hydrogen-bond acceptors (Lipinski definition) is 7. The molecule has 3 aromatic rings. The molecule has 0 radical (unpaired) electrons. The van der Waals surface area contributed by atoms with Crippen LogP contribution in [0, 0.1) is 5.92 Å². The molecule has 1 amide bonds. The number of carbonyl (C=O) groups is 1. The Morgan fingerprint density at radius 3 is 2.58 bits per heavy atom. The van der Waals surface area contributed by atoms with Gasteiger partial charge in [0.1, 0.15) is 11.4 Å². The molecule has 0 bridgehead atoms. The first-order valence-electron chi connectivity index (χ1n) is 13.5. The van der Waals surface area contributed by atoms with E-state index in [0.29, 0.717) is 41.3 Å². The van der Waals surface area contributed by atoms with E-state index in [2.05, 4.69) is 27.6 Å². The van der Waals surface area contributed by atoms with Gasteiger partial charge in [0.2, 0.25) is 0 Å². The third kappa shape index (κ3) is 6.09. The van der Waals surface area contributed by atoms with Crippen molar-refractivity contribution in [3.63, 3.8) is 0 Å². The van der Waals surface area contributed by atoms with Gasteiger partial charge in [0.05, 0.1) is 35.6 Å². The molecule has 202 valence electrons. The molecular formula is C29H37N5O4. The number of carbonyl (C=O) groups excluding carboxylic acids is 1.